The highest BCUT2D eigenvalue weighted by Crippen LogP contribution is 2.21. The topological polar surface area (TPSA) is 44.5 Å². The third-order valence-corrected chi connectivity index (χ3v) is 2.27. The molecule has 0 aliphatic carbocycles. The third-order valence-electron chi connectivity index (χ3n) is 2.27. The van der Waals surface area contributed by atoms with Crippen molar-refractivity contribution < 1.29 is 9.47 Å². The van der Waals surface area contributed by atoms with Crippen LogP contribution in [0.4, 0.5) is 0 Å². The molecular weight excluding hydrogens is 202 g/mol. The van der Waals surface area contributed by atoms with E-state index in [1.807, 2.05) is 31.2 Å². The fraction of sp³-hybridized carbons (Fsp3) is 0.538. The Bertz CT molecular complexity index is 302. The van der Waals surface area contributed by atoms with Crippen LogP contribution in [0.2, 0.25) is 0 Å². The largest absolute Gasteiger partial charge is 0.494 e. The normalized spacial score (nSPS) is 12.2. The molecule has 1 unspecified atom stereocenters. The molecule has 90 valence electrons. The van der Waals surface area contributed by atoms with Crippen LogP contribution in [0.1, 0.15) is 26.7 Å². The van der Waals surface area contributed by atoms with Gasteiger partial charge in [-0.1, -0.05) is 6.07 Å². The highest BCUT2D eigenvalue weighted by Gasteiger charge is 2.04. The molecule has 2 N–H and O–H groups in total. The van der Waals surface area contributed by atoms with E-state index in [0.29, 0.717) is 13.2 Å². The van der Waals surface area contributed by atoms with Crippen molar-refractivity contribution in [3.05, 3.63) is 24.3 Å². The number of nitrogens with two attached hydrogens (primary N) is 1. The van der Waals surface area contributed by atoms with Crippen molar-refractivity contribution in [1.82, 2.24) is 0 Å². The lowest BCUT2D eigenvalue weighted by Gasteiger charge is -2.14. The first-order chi connectivity index (χ1) is 7.76. The smallest absolute Gasteiger partial charge is 0.123 e. The Morgan fingerprint density at radius 3 is 2.75 bits per heavy atom. The second-order valence-corrected chi connectivity index (χ2v) is 3.77. The number of rotatable bonds is 7. The van der Waals surface area contributed by atoms with Gasteiger partial charge in [0.2, 0.25) is 0 Å². The maximum absolute atomic E-state index is 5.77. The Labute approximate surface area is 97.6 Å². The van der Waals surface area contributed by atoms with E-state index in [1.54, 1.807) is 0 Å². The Morgan fingerprint density at radius 2 is 2.06 bits per heavy atom. The van der Waals surface area contributed by atoms with Crippen LogP contribution in [0.15, 0.2) is 24.3 Å². The summed E-state index contributed by atoms with van der Waals surface area (Å²) in [6, 6.07) is 7.74. The van der Waals surface area contributed by atoms with Gasteiger partial charge in [-0.05, 0) is 45.4 Å². The van der Waals surface area contributed by atoms with E-state index >= 15 is 0 Å². The zero-order valence-corrected chi connectivity index (χ0v) is 10.1. The first kappa shape index (κ1) is 12.8. The molecule has 0 radical (unpaired) electrons. The van der Waals surface area contributed by atoms with Gasteiger partial charge in [-0.15, -0.1) is 0 Å². The van der Waals surface area contributed by atoms with Gasteiger partial charge in [0, 0.05) is 6.07 Å². The van der Waals surface area contributed by atoms with Gasteiger partial charge in [0.05, 0.1) is 12.7 Å². The molecule has 0 saturated heterocycles. The van der Waals surface area contributed by atoms with Crippen LogP contribution in [-0.4, -0.2) is 19.3 Å². The lowest BCUT2D eigenvalue weighted by atomic mass is 10.2. The lowest BCUT2D eigenvalue weighted by molar-refractivity contribution is 0.207. The quantitative estimate of drug-likeness (QED) is 0.772. The molecule has 0 aromatic heterocycles. The van der Waals surface area contributed by atoms with Crippen molar-refractivity contribution >= 4 is 0 Å². The first-order valence-electron chi connectivity index (χ1n) is 5.85. The predicted molar refractivity (Wildman–Crippen MR) is 66.0 cm³/mol. The highest BCUT2D eigenvalue weighted by atomic mass is 16.5. The average Bonchev–Trinajstić information content (AvgIpc) is 2.27. The molecule has 1 rings (SSSR count). The maximum Gasteiger partial charge on any atom is 0.123 e. The summed E-state index contributed by atoms with van der Waals surface area (Å²) in [7, 11) is 0. The second-order valence-electron chi connectivity index (χ2n) is 3.77. The molecule has 3 heteroatoms. The van der Waals surface area contributed by atoms with Gasteiger partial charge in [0.15, 0.2) is 0 Å². The zero-order valence-electron chi connectivity index (χ0n) is 10.1. The van der Waals surface area contributed by atoms with Crippen LogP contribution in [0.5, 0.6) is 11.5 Å². The van der Waals surface area contributed by atoms with E-state index in [2.05, 4.69) is 6.92 Å². The van der Waals surface area contributed by atoms with Crippen molar-refractivity contribution in [3.8, 4) is 11.5 Å². The molecule has 0 bridgehead atoms. The minimum absolute atomic E-state index is 0.195. The van der Waals surface area contributed by atoms with E-state index in [9.17, 15) is 0 Å². The monoisotopic (exact) mass is 223 g/mol. The van der Waals surface area contributed by atoms with Crippen molar-refractivity contribution in [3.63, 3.8) is 0 Å². The third kappa shape index (κ3) is 4.53. The van der Waals surface area contributed by atoms with Crippen molar-refractivity contribution in [2.75, 3.05) is 13.2 Å². The number of ether oxygens (including phenoxy) is 2. The molecule has 0 spiro atoms. The van der Waals surface area contributed by atoms with E-state index in [-0.39, 0.29) is 6.10 Å². The molecule has 0 saturated carbocycles. The number of benzene rings is 1. The van der Waals surface area contributed by atoms with E-state index in [1.165, 1.54) is 0 Å². The van der Waals surface area contributed by atoms with Crippen LogP contribution in [-0.2, 0) is 0 Å². The Kier molecular flexibility index (Phi) is 5.72. The molecule has 3 nitrogen and oxygen atoms in total. The van der Waals surface area contributed by atoms with Crippen LogP contribution < -0.4 is 15.2 Å². The molecule has 0 fully saturated rings. The summed E-state index contributed by atoms with van der Waals surface area (Å²) in [4.78, 5) is 0. The molecular formula is C13H21NO2. The number of hydrogen-bond donors (Lipinski definition) is 1. The molecule has 0 aliphatic rings. The van der Waals surface area contributed by atoms with Crippen molar-refractivity contribution in [2.24, 2.45) is 5.73 Å². The Morgan fingerprint density at radius 1 is 1.31 bits per heavy atom. The minimum Gasteiger partial charge on any atom is -0.494 e. The van der Waals surface area contributed by atoms with Crippen LogP contribution in [0.25, 0.3) is 0 Å². The summed E-state index contributed by atoms with van der Waals surface area (Å²) >= 11 is 0. The number of hydrogen-bond acceptors (Lipinski definition) is 3. The average molecular weight is 223 g/mol. The second kappa shape index (κ2) is 7.12. The first-order valence-corrected chi connectivity index (χ1v) is 5.85. The van der Waals surface area contributed by atoms with Crippen LogP contribution in [0, 0.1) is 0 Å². The molecule has 0 amide bonds. The zero-order chi connectivity index (χ0) is 11.8. The Balaban J connectivity index is 2.49. The van der Waals surface area contributed by atoms with Gasteiger partial charge >= 0.3 is 0 Å². The van der Waals surface area contributed by atoms with E-state index in [4.69, 9.17) is 15.2 Å². The van der Waals surface area contributed by atoms with Crippen molar-refractivity contribution in [2.45, 2.75) is 32.8 Å². The van der Waals surface area contributed by atoms with Crippen LogP contribution >= 0.6 is 0 Å². The maximum atomic E-state index is 5.77. The van der Waals surface area contributed by atoms with Crippen molar-refractivity contribution in [1.29, 1.82) is 0 Å². The standard InChI is InChI=1S/C13H21NO2/c1-3-15-12-7-4-8-13(10-12)16-11(2)6-5-9-14/h4,7-8,10-11H,3,5-6,9,14H2,1-2H3. The summed E-state index contributed by atoms with van der Waals surface area (Å²) in [6.45, 7) is 5.42. The van der Waals surface area contributed by atoms with Crippen LogP contribution in [0.3, 0.4) is 0 Å². The minimum atomic E-state index is 0.195. The SMILES string of the molecule is CCOc1cccc(OC(C)CCCN)c1. The van der Waals surface area contributed by atoms with E-state index < -0.39 is 0 Å². The Hall–Kier alpha value is -1.22. The lowest BCUT2D eigenvalue weighted by Crippen LogP contribution is -2.13. The summed E-state index contributed by atoms with van der Waals surface area (Å²) in [5, 5.41) is 0. The van der Waals surface area contributed by atoms with Gasteiger partial charge in [-0.3, -0.25) is 0 Å². The summed E-state index contributed by atoms with van der Waals surface area (Å²) in [5.74, 6) is 1.71. The molecule has 0 heterocycles. The van der Waals surface area contributed by atoms with E-state index in [0.717, 1.165) is 24.3 Å². The highest BCUT2D eigenvalue weighted by molar-refractivity contribution is 5.33. The fourth-order valence-corrected chi connectivity index (χ4v) is 1.50. The van der Waals surface area contributed by atoms with Gasteiger partial charge in [0.1, 0.15) is 11.5 Å². The molecule has 1 aromatic rings. The van der Waals surface area contributed by atoms with Gasteiger partial charge in [-0.25, -0.2) is 0 Å². The molecule has 1 aromatic carbocycles. The van der Waals surface area contributed by atoms with Gasteiger partial charge in [0.25, 0.3) is 0 Å². The summed E-state index contributed by atoms with van der Waals surface area (Å²) < 4.78 is 11.2. The molecule has 1 atom stereocenters. The fourth-order valence-electron chi connectivity index (χ4n) is 1.50. The van der Waals surface area contributed by atoms with Gasteiger partial charge < -0.3 is 15.2 Å². The predicted octanol–water partition coefficient (Wildman–Crippen LogP) is 2.59. The molecule has 0 aliphatic heterocycles. The molecule has 16 heavy (non-hydrogen) atoms. The summed E-state index contributed by atoms with van der Waals surface area (Å²) in [6.07, 6.45) is 2.17. The summed E-state index contributed by atoms with van der Waals surface area (Å²) in [5.41, 5.74) is 5.46. The van der Waals surface area contributed by atoms with Gasteiger partial charge in [-0.2, -0.15) is 0 Å².